The van der Waals surface area contributed by atoms with Gasteiger partial charge in [0, 0.05) is 17.8 Å². The summed E-state index contributed by atoms with van der Waals surface area (Å²) in [4.78, 5) is 14.9. The summed E-state index contributed by atoms with van der Waals surface area (Å²) in [5.41, 5.74) is 2.80. The fraction of sp³-hybridized carbons (Fsp3) is 0.316. The van der Waals surface area contributed by atoms with Gasteiger partial charge in [0.15, 0.2) is 11.5 Å². The average molecular weight is 390 g/mol. The molecule has 1 aliphatic rings. The smallest absolute Gasteiger partial charge is 0.258 e. The predicted molar refractivity (Wildman–Crippen MR) is 98.3 cm³/mol. The molecule has 0 saturated heterocycles. The molecule has 3 rings (SSSR count). The molecule has 126 valence electrons. The van der Waals surface area contributed by atoms with Crippen molar-refractivity contribution in [3.8, 4) is 11.5 Å². The summed E-state index contributed by atoms with van der Waals surface area (Å²) in [6.07, 6.45) is 1.98. The number of fused-ring (bicyclic) bond motifs is 1. The van der Waals surface area contributed by atoms with Crippen LogP contribution in [0.15, 0.2) is 40.9 Å². The number of anilines is 1. The molecule has 2 aromatic carbocycles. The molecular formula is C19H20BrNO3. The maximum Gasteiger partial charge on any atom is 0.258 e. The number of ether oxygens (including phenoxy) is 2. The van der Waals surface area contributed by atoms with E-state index in [4.69, 9.17) is 9.47 Å². The normalized spacial score (nSPS) is 13.4. The Bertz CT molecular complexity index is 760. The minimum Gasteiger partial charge on any atom is -0.492 e. The molecule has 0 aliphatic carbocycles. The lowest BCUT2D eigenvalue weighted by Gasteiger charge is -2.29. The third-order valence-corrected chi connectivity index (χ3v) is 4.70. The fourth-order valence-corrected chi connectivity index (χ4v) is 3.66. The van der Waals surface area contributed by atoms with Gasteiger partial charge in [0.25, 0.3) is 5.91 Å². The molecule has 5 heteroatoms. The Morgan fingerprint density at radius 1 is 1.29 bits per heavy atom. The number of rotatable bonds is 4. The van der Waals surface area contributed by atoms with Gasteiger partial charge in [-0.1, -0.05) is 18.2 Å². The molecule has 1 aliphatic heterocycles. The number of aryl methyl sites for hydroxylation is 1. The molecular weight excluding hydrogens is 370 g/mol. The number of carbonyl (C=O) groups is 1. The maximum atomic E-state index is 13.1. The summed E-state index contributed by atoms with van der Waals surface area (Å²) in [6, 6.07) is 11.6. The molecule has 2 aromatic rings. The molecule has 1 amide bonds. The van der Waals surface area contributed by atoms with Crippen molar-refractivity contribution in [2.45, 2.75) is 19.8 Å². The summed E-state index contributed by atoms with van der Waals surface area (Å²) in [5, 5.41) is 0. The third-order valence-electron chi connectivity index (χ3n) is 4.12. The van der Waals surface area contributed by atoms with Crippen molar-refractivity contribution in [3.63, 3.8) is 0 Å². The van der Waals surface area contributed by atoms with Gasteiger partial charge in [-0.15, -0.1) is 0 Å². The number of hydrogen-bond acceptors (Lipinski definition) is 3. The first-order valence-corrected chi connectivity index (χ1v) is 8.85. The first-order chi connectivity index (χ1) is 11.7. The van der Waals surface area contributed by atoms with E-state index in [9.17, 15) is 4.79 Å². The van der Waals surface area contributed by atoms with Crippen molar-refractivity contribution in [1.82, 2.24) is 0 Å². The molecule has 0 unspecified atom stereocenters. The quantitative estimate of drug-likeness (QED) is 0.775. The van der Waals surface area contributed by atoms with Gasteiger partial charge < -0.3 is 14.4 Å². The Kier molecular flexibility index (Phi) is 5.09. The minimum absolute atomic E-state index is 0.0218. The molecule has 0 saturated carbocycles. The lowest BCUT2D eigenvalue weighted by molar-refractivity contribution is 0.0984. The zero-order chi connectivity index (χ0) is 17.1. The van der Waals surface area contributed by atoms with Crippen molar-refractivity contribution < 1.29 is 14.3 Å². The van der Waals surface area contributed by atoms with Crippen LogP contribution >= 0.6 is 15.9 Å². The van der Waals surface area contributed by atoms with E-state index >= 15 is 0 Å². The predicted octanol–water partition coefficient (Wildman–Crippen LogP) is 4.45. The number of hydrogen-bond donors (Lipinski definition) is 0. The second kappa shape index (κ2) is 7.26. The maximum absolute atomic E-state index is 13.1. The SMILES string of the molecule is CCOc1cc(C(=O)N2CCCc3ccccc32)cc(Br)c1OC. The van der Waals surface area contributed by atoms with E-state index in [-0.39, 0.29) is 5.91 Å². The molecule has 0 N–H and O–H groups in total. The number of carbonyl (C=O) groups excluding carboxylic acids is 1. The zero-order valence-electron chi connectivity index (χ0n) is 13.8. The fourth-order valence-electron chi connectivity index (χ4n) is 3.05. The van der Waals surface area contributed by atoms with Crippen molar-refractivity contribution in [1.29, 1.82) is 0 Å². The summed E-state index contributed by atoms with van der Waals surface area (Å²) in [7, 11) is 1.59. The van der Waals surface area contributed by atoms with Crippen LogP contribution in [-0.4, -0.2) is 26.2 Å². The van der Waals surface area contributed by atoms with Crippen molar-refractivity contribution in [3.05, 3.63) is 52.0 Å². The highest BCUT2D eigenvalue weighted by atomic mass is 79.9. The number of benzene rings is 2. The summed E-state index contributed by atoms with van der Waals surface area (Å²) < 4.78 is 11.7. The van der Waals surface area contributed by atoms with Gasteiger partial charge in [-0.25, -0.2) is 0 Å². The highest BCUT2D eigenvalue weighted by molar-refractivity contribution is 9.10. The molecule has 4 nitrogen and oxygen atoms in total. The Morgan fingerprint density at radius 2 is 2.08 bits per heavy atom. The molecule has 0 aromatic heterocycles. The number of para-hydroxylation sites is 1. The van der Waals surface area contributed by atoms with Crippen LogP contribution in [-0.2, 0) is 6.42 Å². The summed E-state index contributed by atoms with van der Waals surface area (Å²) >= 11 is 3.48. The van der Waals surface area contributed by atoms with Crippen molar-refractivity contribution in [2.24, 2.45) is 0 Å². The molecule has 0 radical (unpaired) electrons. The van der Waals surface area contributed by atoms with Gasteiger partial charge in [-0.2, -0.15) is 0 Å². The van der Waals surface area contributed by atoms with Crippen LogP contribution in [0.4, 0.5) is 5.69 Å². The van der Waals surface area contributed by atoms with Crippen LogP contribution in [0.2, 0.25) is 0 Å². The largest absolute Gasteiger partial charge is 0.492 e. The molecule has 0 spiro atoms. The monoisotopic (exact) mass is 389 g/mol. The first-order valence-electron chi connectivity index (χ1n) is 8.05. The number of halogens is 1. The van der Waals surface area contributed by atoms with Gasteiger partial charge in [-0.3, -0.25) is 4.79 Å². The lowest BCUT2D eigenvalue weighted by Crippen LogP contribution is -2.35. The second-order valence-electron chi connectivity index (χ2n) is 5.61. The van der Waals surface area contributed by atoms with Crippen molar-refractivity contribution in [2.75, 3.05) is 25.2 Å². The summed E-state index contributed by atoms with van der Waals surface area (Å²) in [6.45, 7) is 3.14. The van der Waals surface area contributed by atoms with Crippen molar-refractivity contribution >= 4 is 27.5 Å². The Balaban J connectivity index is 1.99. The molecule has 0 bridgehead atoms. The lowest BCUT2D eigenvalue weighted by atomic mass is 10.0. The number of methoxy groups -OCH3 is 1. The third kappa shape index (κ3) is 3.13. The van der Waals surface area contributed by atoms with Crippen LogP contribution in [0.1, 0.15) is 29.3 Å². The molecule has 0 fully saturated rings. The first kappa shape index (κ1) is 16.8. The van der Waals surface area contributed by atoms with E-state index in [1.807, 2.05) is 30.0 Å². The van der Waals surface area contributed by atoms with Crippen LogP contribution in [0.25, 0.3) is 0 Å². The minimum atomic E-state index is -0.0218. The topological polar surface area (TPSA) is 38.8 Å². The van der Waals surface area contributed by atoms with Gasteiger partial charge >= 0.3 is 0 Å². The molecule has 24 heavy (non-hydrogen) atoms. The second-order valence-corrected chi connectivity index (χ2v) is 6.47. The molecule has 1 heterocycles. The van der Waals surface area contributed by atoms with E-state index in [0.717, 1.165) is 25.1 Å². The van der Waals surface area contributed by atoms with Crippen LogP contribution in [0, 0.1) is 0 Å². The highest BCUT2D eigenvalue weighted by Crippen LogP contribution is 2.37. The molecule has 0 atom stereocenters. The average Bonchev–Trinajstić information content (AvgIpc) is 2.60. The van der Waals surface area contributed by atoms with E-state index < -0.39 is 0 Å². The Hall–Kier alpha value is -2.01. The van der Waals surface area contributed by atoms with Gasteiger partial charge in [0.1, 0.15) is 0 Å². The van der Waals surface area contributed by atoms with Gasteiger partial charge in [-0.05, 0) is 59.5 Å². The standard InChI is InChI=1S/C19H20BrNO3/c1-3-24-17-12-14(11-15(20)18(17)23-2)19(22)21-10-6-8-13-7-4-5-9-16(13)21/h4-5,7,9,11-12H,3,6,8,10H2,1-2H3. The summed E-state index contributed by atoms with van der Waals surface area (Å²) in [5.74, 6) is 1.15. The zero-order valence-corrected chi connectivity index (χ0v) is 15.4. The van der Waals surface area contributed by atoms with E-state index in [2.05, 4.69) is 22.0 Å². The number of amides is 1. The number of nitrogens with zero attached hydrogens (tertiary/aromatic N) is 1. The highest BCUT2D eigenvalue weighted by Gasteiger charge is 2.25. The van der Waals surface area contributed by atoms with Crippen LogP contribution in [0.5, 0.6) is 11.5 Å². The van der Waals surface area contributed by atoms with Crippen LogP contribution < -0.4 is 14.4 Å². The van der Waals surface area contributed by atoms with E-state index in [0.29, 0.717) is 28.1 Å². The Morgan fingerprint density at radius 3 is 2.83 bits per heavy atom. The van der Waals surface area contributed by atoms with E-state index in [1.165, 1.54) is 5.56 Å². The van der Waals surface area contributed by atoms with Gasteiger partial charge in [0.2, 0.25) is 0 Å². The van der Waals surface area contributed by atoms with Gasteiger partial charge in [0.05, 0.1) is 18.2 Å². The van der Waals surface area contributed by atoms with Crippen LogP contribution in [0.3, 0.4) is 0 Å². The van der Waals surface area contributed by atoms with E-state index in [1.54, 1.807) is 19.2 Å². The Labute approximate surface area is 150 Å².